The number of nitrogens with one attached hydrogen (secondary N) is 1. The summed E-state index contributed by atoms with van der Waals surface area (Å²) >= 11 is 0. The number of benzene rings is 1. The van der Waals surface area contributed by atoms with E-state index >= 15 is 0 Å². The first-order valence-electron chi connectivity index (χ1n) is 10.2. The van der Waals surface area contributed by atoms with Crippen molar-refractivity contribution in [3.8, 4) is 11.4 Å². The van der Waals surface area contributed by atoms with Crippen LogP contribution in [0.15, 0.2) is 42.7 Å². The fourth-order valence-electron chi connectivity index (χ4n) is 3.44. The molecule has 3 heterocycles. The van der Waals surface area contributed by atoms with Gasteiger partial charge in [-0.25, -0.2) is 19.3 Å². The second-order valence-electron chi connectivity index (χ2n) is 9.64. The van der Waals surface area contributed by atoms with Crippen molar-refractivity contribution in [2.75, 3.05) is 0 Å². The number of hydrogen-bond acceptors (Lipinski definition) is 5. The summed E-state index contributed by atoms with van der Waals surface area (Å²) in [6.45, 7) is 11.1. The molecule has 1 aromatic carbocycles. The van der Waals surface area contributed by atoms with E-state index in [1.165, 1.54) is 4.57 Å². The third-order valence-corrected chi connectivity index (χ3v) is 4.86. The highest BCUT2D eigenvalue weighted by Gasteiger charge is 2.28. The molecule has 7 nitrogen and oxygen atoms in total. The quantitative estimate of drug-likeness (QED) is 0.429. The number of rotatable bonds is 2. The van der Waals surface area contributed by atoms with E-state index in [0.29, 0.717) is 33.6 Å². The van der Waals surface area contributed by atoms with Crippen molar-refractivity contribution in [3.05, 3.63) is 48.3 Å². The van der Waals surface area contributed by atoms with E-state index in [1.807, 2.05) is 71.9 Å². The first-order valence-corrected chi connectivity index (χ1v) is 10.2. The number of H-pyrrole nitrogens is 1. The van der Waals surface area contributed by atoms with Gasteiger partial charge in [-0.2, -0.15) is 0 Å². The second-order valence-corrected chi connectivity index (χ2v) is 9.64. The lowest BCUT2D eigenvalue weighted by Gasteiger charge is -2.21. The molecule has 0 aliphatic rings. The minimum atomic E-state index is -0.651. The highest BCUT2D eigenvalue weighted by molar-refractivity contribution is 6.08. The molecule has 0 unspecified atom stereocenters. The Bertz CT molecular complexity index is 1320. The molecule has 4 rings (SSSR count). The number of carbonyl (C=O) groups is 2. The zero-order valence-electron chi connectivity index (χ0n) is 18.6. The number of ketones is 1. The number of Topliss-reactive ketones (excluding diaryl/α,β-unsaturated/α-hetero) is 1. The molecule has 0 fully saturated rings. The van der Waals surface area contributed by atoms with Crippen LogP contribution in [0.2, 0.25) is 0 Å². The number of fused-ring (bicyclic) bond motifs is 2. The SMILES string of the molecule is CC(C)(C)OC(=O)n1c(-c2cnc3[nH]cc(C(=O)C(C)(C)C)c3n2)cc2ccccc21. The van der Waals surface area contributed by atoms with Crippen molar-refractivity contribution >= 4 is 33.9 Å². The van der Waals surface area contributed by atoms with Crippen LogP contribution in [0, 0.1) is 5.41 Å². The van der Waals surface area contributed by atoms with Crippen molar-refractivity contribution in [2.24, 2.45) is 5.41 Å². The van der Waals surface area contributed by atoms with E-state index in [0.717, 1.165) is 5.39 Å². The molecule has 7 heteroatoms. The third-order valence-electron chi connectivity index (χ3n) is 4.86. The van der Waals surface area contributed by atoms with Gasteiger partial charge in [0, 0.05) is 17.0 Å². The Kier molecular flexibility index (Phi) is 4.72. The Morgan fingerprint density at radius 1 is 1.06 bits per heavy atom. The van der Waals surface area contributed by atoms with Gasteiger partial charge in [0.05, 0.1) is 23.0 Å². The van der Waals surface area contributed by atoms with Gasteiger partial charge in [-0.1, -0.05) is 39.0 Å². The Labute approximate surface area is 180 Å². The Hall–Kier alpha value is -3.48. The zero-order valence-corrected chi connectivity index (χ0v) is 18.6. The Morgan fingerprint density at radius 3 is 2.45 bits per heavy atom. The number of aromatic amines is 1. The van der Waals surface area contributed by atoms with Gasteiger partial charge >= 0.3 is 6.09 Å². The van der Waals surface area contributed by atoms with Gasteiger partial charge in [0.2, 0.25) is 0 Å². The lowest BCUT2D eigenvalue weighted by molar-refractivity contribution is 0.0547. The summed E-state index contributed by atoms with van der Waals surface area (Å²) in [5.41, 5.74) is 2.04. The Morgan fingerprint density at radius 2 is 1.77 bits per heavy atom. The van der Waals surface area contributed by atoms with Crippen molar-refractivity contribution in [1.29, 1.82) is 0 Å². The van der Waals surface area contributed by atoms with E-state index < -0.39 is 17.1 Å². The first kappa shape index (κ1) is 20.8. The molecule has 0 saturated carbocycles. The van der Waals surface area contributed by atoms with Crippen LogP contribution < -0.4 is 0 Å². The summed E-state index contributed by atoms with van der Waals surface area (Å²) in [7, 11) is 0. The number of para-hydroxylation sites is 1. The minimum absolute atomic E-state index is 0.0297. The van der Waals surface area contributed by atoms with Crippen LogP contribution in [0.1, 0.15) is 51.9 Å². The zero-order chi connectivity index (χ0) is 22.6. The molecule has 0 atom stereocenters. The first-order chi connectivity index (χ1) is 14.5. The smallest absolute Gasteiger partial charge is 0.419 e. The van der Waals surface area contributed by atoms with Gasteiger partial charge in [-0.05, 0) is 32.9 Å². The fourth-order valence-corrected chi connectivity index (χ4v) is 3.44. The summed E-state index contributed by atoms with van der Waals surface area (Å²) in [5.74, 6) is -0.0297. The predicted molar refractivity (Wildman–Crippen MR) is 120 cm³/mol. The van der Waals surface area contributed by atoms with Gasteiger partial charge in [0.1, 0.15) is 16.8 Å². The molecular weight excluding hydrogens is 392 g/mol. The molecule has 0 amide bonds. The average Bonchev–Trinajstić information content (AvgIpc) is 3.26. The highest BCUT2D eigenvalue weighted by atomic mass is 16.6. The number of aromatic nitrogens is 4. The maximum absolute atomic E-state index is 13.1. The lowest BCUT2D eigenvalue weighted by atomic mass is 9.87. The van der Waals surface area contributed by atoms with Crippen LogP contribution in [-0.2, 0) is 4.74 Å². The topological polar surface area (TPSA) is 89.9 Å². The highest BCUT2D eigenvalue weighted by Crippen LogP contribution is 2.30. The van der Waals surface area contributed by atoms with Crippen LogP contribution in [0.5, 0.6) is 0 Å². The van der Waals surface area contributed by atoms with Crippen LogP contribution in [0.4, 0.5) is 4.79 Å². The van der Waals surface area contributed by atoms with Gasteiger partial charge in [-0.3, -0.25) is 4.79 Å². The van der Waals surface area contributed by atoms with Gasteiger partial charge in [0.25, 0.3) is 0 Å². The van der Waals surface area contributed by atoms with Crippen molar-refractivity contribution in [3.63, 3.8) is 0 Å². The van der Waals surface area contributed by atoms with E-state index in [4.69, 9.17) is 9.72 Å². The fraction of sp³-hybridized carbons (Fsp3) is 0.333. The maximum Gasteiger partial charge on any atom is 0.419 e. The van der Waals surface area contributed by atoms with Crippen LogP contribution in [0.3, 0.4) is 0 Å². The second kappa shape index (κ2) is 7.04. The van der Waals surface area contributed by atoms with Crippen LogP contribution in [-0.4, -0.2) is 37.0 Å². The summed E-state index contributed by atoms with van der Waals surface area (Å²) in [6.07, 6.45) is 2.75. The monoisotopic (exact) mass is 418 g/mol. The molecular formula is C24H26N4O3. The van der Waals surface area contributed by atoms with Gasteiger partial charge in [-0.15, -0.1) is 0 Å². The van der Waals surface area contributed by atoms with E-state index in [-0.39, 0.29) is 5.78 Å². The number of ether oxygens (including phenoxy) is 1. The summed E-state index contributed by atoms with van der Waals surface area (Å²) in [6, 6.07) is 9.45. The normalized spacial score (nSPS) is 12.5. The largest absolute Gasteiger partial charge is 0.443 e. The molecule has 0 saturated heterocycles. The molecule has 0 aliphatic heterocycles. The van der Waals surface area contributed by atoms with E-state index in [2.05, 4.69) is 9.97 Å². The number of carbonyl (C=O) groups excluding carboxylic acids is 2. The summed E-state index contributed by atoms with van der Waals surface area (Å²) < 4.78 is 7.16. The molecule has 1 N–H and O–H groups in total. The van der Waals surface area contributed by atoms with E-state index in [1.54, 1.807) is 12.4 Å². The van der Waals surface area contributed by atoms with Gasteiger partial charge < -0.3 is 9.72 Å². The minimum Gasteiger partial charge on any atom is -0.443 e. The van der Waals surface area contributed by atoms with Crippen LogP contribution in [0.25, 0.3) is 33.5 Å². The number of nitrogens with zero attached hydrogens (tertiary/aromatic N) is 3. The number of hydrogen-bond donors (Lipinski definition) is 1. The molecule has 4 aromatic rings. The Balaban J connectivity index is 1.92. The van der Waals surface area contributed by atoms with Crippen molar-refractivity contribution in [2.45, 2.75) is 47.1 Å². The molecule has 31 heavy (non-hydrogen) atoms. The molecule has 0 spiro atoms. The van der Waals surface area contributed by atoms with Gasteiger partial charge in [0.15, 0.2) is 11.4 Å². The standard InChI is InChI=1S/C24H26N4O3/c1-23(2,3)20(29)15-12-25-21-19(15)27-16(13-26-21)18-11-14-9-7-8-10-17(14)28(18)22(30)31-24(4,5)6/h7-13H,1-6H3,(H,25,26). The van der Waals surface area contributed by atoms with Crippen molar-refractivity contribution in [1.82, 2.24) is 19.5 Å². The lowest BCUT2D eigenvalue weighted by Crippen LogP contribution is -2.27. The summed E-state index contributed by atoms with van der Waals surface area (Å²) in [5, 5.41) is 0.880. The molecule has 160 valence electrons. The van der Waals surface area contributed by atoms with E-state index in [9.17, 15) is 9.59 Å². The van der Waals surface area contributed by atoms with Crippen LogP contribution >= 0.6 is 0 Å². The summed E-state index contributed by atoms with van der Waals surface area (Å²) in [4.78, 5) is 38.2. The average molecular weight is 418 g/mol. The van der Waals surface area contributed by atoms with Crippen molar-refractivity contribution < 1.29 is 14.3 Å². The third kappa shape index (κ3) is 3.83. The molecule has 0 aliphatic carbocycles. The predicted octanol–water partition coefficient (Wildman–Crippen LogP) is 5.59. The molecule has 0 bridgehead atoms. The molecule has 0 radical (unpaired) electrons. The molecule has 3 aromatic heterocycles. The maximum atomic E-state index is 13.1.